The lowest BCUT2D eigenvalue weighted by Crippen LogP contribution is -2.67. The number of ether oxygens (including phenoxy) is 2. The van der Waals surface area contributed by atoms with E-state index < -0.39 is 40.7 Å². The van der Waals surface area contributed by atoms with Gasteiger partial charge in [0.15, 0.2) is 0 Å². The minimum atomic E-state index is -3.03. The molecule has 0 aliphatic carbocycles. The van der Waals surface area contributed by atoms with Crippen LogP contribution < -0.4 is 25.5 Å². The van der Waals surface area contributed by atoms with Crippen molar-refractivity contribution in [3.8, 4) is 5.75 Å². The molecule has 6 rings (SSSR count). The normalized spacial score (nSPS) is 16.8. The van der Waals surface area contributed by atoms with Gasteiger partial charge in [0.05, 0.1) is 26.2 Å². The molecule has 0 radical (unpaired) electrons. The molecule has 1 fully saturated rings. The van der Waals surface area contributed by atoms with Crippen molar-refractivity contribution in [3.63, 3.8) is 0 Å². The molecule has 1 saturated heterocycles. The third-order valence-corrected chi connectivity index (χ3v) is 23.2. The Labute approximate surface area is 390 Å². The van der Waals surface area contributed by atoms with Gasteiger partial charge in [0.25, 0.3) is 16.6 Å². The molecular formula is C56H69NO6Si2. The van der Waals surface area contributed by atoms with Crippen LogP contribution in [0.3, 0.4) is 0 Å². The molecule has 65 heavy (non-hydrogen) atoms. The van der Waals surface area contributed by atoms with Gasteiger partial charge >= 0.3 is 5.97 Å². The van der Waals surface area contributed by atoms with E-state index in [-0.39, 0.29) is 28.4 Å². The molecule has 7 nitrogen and oxygen atoms in total. The van der Waals surface area contributed by atoms with E-state index in [1.54, 1.807) is 12.0 Å². The highest BCUT2D eigenvalue weighted by Gasteiger charge is 2.54. The molecular weight excluding hydrogens is 839 g/mol. The van der Waals surface area contributed by atoms with Gasteiger partial charge in [0.2, 0.25) is 5.91 Å². The average molecular weight is 908 g/mol. The molecule has 5 aromatic rings. The van der Waals surface area contributed by atoms with E-state index in [2.05, 4.69) is 157 Å². The minimum absolute atomic E-state index is 0.158. The number of likely N-dealkylation sites (tertiary alicyclic amines) is 1. The standard InChI is InChI=1S/C56H69NO6Si2/c1-42(2)50(35-24-38-62-64(55(3,4)5,46-27-15-11-16-28-46)47-29-17-12-18-30-47)51(37-36-43-25-23-26-44(39-43)60-9)53(58)57-41-45(40-52(57)54(59)61-10)63-65(56(6,7)8,48-31-19-13-20-32-48)49-33-21-14-22-34-49/h11-23,25-34,36-37,39,45,50-52H,1,24,35,38,40-41H2,2-10H3/b37-36+/t45-,50+,51-,52+/m1/s1. The summed E-state index contributed by atoms with van der Waals surface area (Å²) in [5, 5.41) is 4.26. The lowest BCUT2D eigenvalue weighted by Gasteiger charge is -2.44. The van der Waals surface area contributed by atoms with Crippen LogP contribution in [0.4, 0.5) is 0 Å². The number of benzene rings is 5. The number of hydrogen-bond donors (Lipinski definition) is 0. The van der Waals surface area contributed by atoms with Gasteiger partial charge in [-0.1, -0.05) is 199 Å². The first-order valence-corrected chi connectivity index (χ1v) is 26.8. The first-order chi connectivity index (χ1) is 31.1. The number of allylic oxidation sites excluding steroid dienone is 1. The van der Waals surface area contributed by atoms with Crippen molar-refractivity contribution < 1.29 is 27.9 Å². The van der Waals surface area contributed by atoms with E-state index >= 15 is 4.79 Å². The Hall–Kier alpha value is -5.33. The summed E-state index contributed by atoms with van der Waals surface area (Å²) in [5.41, 5.74) is 1.79. The highest BCUT2D eigenvalue weighted by atomic mass is 28.4. The Morgan fingerprint density at radius 3 is 1.66 bits per heavy atom. The number of esters is 1. The summed E-state index contributed by atoms with van der Waals surface area (Å²) < 4.78 is 25.9. The van der Waals surface area contributed by atoms with Gasteiger partial charge in [0.1, 0.15) is 11.8 Å². The Morgan fingerprint density at radius 2 is 1.22 bits per heavy atom. The molecule has 9 heteroatoms. The zero-order valence-corrected chi connectivity index (χ0v) is 42.0. The maximum absolute atomic E-state index is 15.5. The third kappa shape index (κ3) is 10.7. The van der Waals surface area contributed by atoms with Crippen molar-refractivity contribution in [3.05, 3.63) is 169 Å². The van der Waals surface area contributed by atoms with Crippen LogP contribution in [-0.2, 0) is 23.2 Å². The predicted octanol–water partition coefficient (Wildman–Crippen LogP) is 9.59. The number of carbonyl (C=O) groups excluding carboxylic acids is 2. The van der Waals surface area contributed by atoms with Gasteiger partial charge in [-0.15, -0.1) is 0 Å². The Morgan fingerprint density at radius 1 is 0.723 bits per heavy atom. The second-order valence-electron chi connectivity index (χ2n) is 19.4. The predicted molar refractivity (Wildman–Crippen MR) is 271 cm³/mol. The van der Waals surface area contributed by atoms with Crippen molar-refractivity contribution in [1.29, 1.82) is 0 Å². The van der Waals surface area contributed by atoms with Crippen LogP contribution in [0.15, 0.2) is 164 Å². The maximum atomic E-state index is 15.5. The van der Waals surface area contributed by atoms with E-state index in [0.29, 0.717) is 25.9 Å². The highest BCUT2D eigenvalue weighted by molar-refractivity contribution is 7.00. The van der Waals surface area contributed by atoms with Crippen LogP contribution in [0.25, 0.3) is 6.08 Å². The fraction of sp³-hybridized carbons (Fsp3) is 0.357. The van der Waals surface area contributed by atoms with Crippen molar-refractivity contribution >= 4 is 55.3 Å². The van der Waals surface area contributed by atoms with Crippen molar-refractivity contribution in [2.24, 2.45) is 11.8 Å². The first-order valence-electron chi connectivity index (χ1n) is 23.0. The number of rotatable bonds is 18. The molecule has 342 valence electrons. The van der Waals surface area contributed by atoms with E-state index in [0.717, 1.165) is 27.3 Å². The van der Waals surface area contributed by atoms with Gasteiger partial charge in [-0.05, 0) is 74.2 Å². The molecule has 1 amide bonds. The van der Waals surface area contributed by atoms with Crippen molar-refractivity contribution in [1.82, 2.24) is 4.90 Å². The molecule has 0 bridgehead atoms. The van der Waals surface area contributed by atoms with Gasteiger partial charge < -0.3 is 23.2 Å². The van der Waals surface area contributed by atoms with Crippen LogP contribution in [0, 0.1) is 11.8 Å². The second-order valence-corrected chi connectivity index (χ2v) is 28.0. The Bertz CT molecular complexity index is 2280. The molecule has 0 saturated carbocycles. The lowest BCUT2D eigenvalue weighted by molar-refractivity contribution is -0.152. The molecule has 1 aliphatic heterocycles. The largest absolute Gasteiger partial charge is 0.497 e. The second kappa shape index (κ2) is 21.3. The topological polar surface area (TPSA) is 74.3 Å². The first kappa shape index (κ1) is 49.1. The summed E-state index contributed by atoms with van der Waals surface area (Å²) in [4.78, 5) is 31.1. The molecule has 0 spiro atoms. The number of amides is 1. The summed E-state index contributed by atoms with van der Waals surface area (Å²) in [7, 11) is -2.78. The van der Waals surface area contributed by atoms with Crippen molar-refractivity contribution in [2.75, 3.05) is 27.4 Å². The van der Waals surface area contributed by atoms with Gasteiger partial charge in [0, 0.05) is 19.6 Å². The fourth-order valence-electron chi connectivity index (χ4n) is 9.99. The molecule has 1 aliphatic rings. The van der Waals surface area contributed by atoms with Gasteiger partial charge in [-0.3, -0.25) is 4.79 Å². The van der Waals surface area contributed by atoms with Crippen LogP contribution in [0.5, 0.6) is 5.75 Å². The lowest BCUT2D eigenvalue weighted by atomic mass is 9.82. The van der Waals surface area contributed by atoms with E-state index in [1.165, 1.54) is 17.5 Å². The zero-order valence-electron chi connectivity index (χ0n) is 40.0. The molecule has 0 N–H and O–H groups in total. The Kier molecular flexibility index (Phi) is 16.1. The SMILES string of the molecule is C=C(C)[C@H](CCCO[Si](c1ccccc1)(c1ccccc1)C(C)(C)C)[C@@H](/C=C/c1cccc(OC)c1)C(=O)N1C[C@H](O[Si](c2ccccc2)(c2ccccc2)C(C)(C)C)C[C@H]1C(=O)OC. The summed E-state index contributed by atoms with van der Waals surface area (Å²) in [5.74, 6) is -0.796. The summed E-state index contributed by atoms with van der Waals surface area (Å²) >= 11 is 0. The van der Waals surface area contributed by atoms with Crippen molar-refractivity contribution in [2.45, 2.75) is 90.0 Å². The quantitative estimate of drug-likeness (QED) is 0.0378. The number of hydrogen-bond acceptors (Lipinski definition) is 6. The smallest absolute Gasteiger partial charge is 0.328 e. The zero-order chi connectivity index (χ0) is 46.8. The molecule has 0 aromatic heterocycles. The Balaban J connectivity index is 1.36. The maximum Gasteiger partial charge on any atom is 0.328 e. The molecule has 0 unspecified atom stereocenters. The average Bonchev–Trinajstić information content (AvgIpc) is 3.74. The van der Waals surface area contributed by atoms with Crippen LogP contribution in [0.1, 0.15) is 73.3 Å². The van der Waals surface area contributed by atoms with Crippen LogP contribution in [-0.4, -0.2) is 72.9 Å². The third-order valence-electron chi connectivity index (χ3n) is 13.1. The molecule has 1 heterocycles. The summed E-state index contributed by atoms with van der Waals surface area (Å²) in [6, 6.07) is 49.2. The monoisotopic (exact) mass is 907 g/mol. The van der Waals surface area contributed by atoms with Crippen LogP contribution >= 0.6 is 0 Å². The van der Waals surface area contributed by atoms with Crippen LogP contribution in [0.2, 0.25) is 10.1 Å². The number of nitrogens with zero attached hydrogens (tertiary/aromatic N) is 1. The summed E-state index contributed by atoms with van der Waals surface area (Å²) in [6.07, 6.45) is 5.20. The molecule has 5 aromatic carbocycles. The van der Waals surface area contributed by atoms with Gasteiger partial charge in [-0.2, -0.15) is 0 Å². The van der Waals surface area contributed by atoms with Gasteiger partial charge in [-0.25, -0.2) is 4.79 Å². The molecule has 4 atom stereocenters. The summed E-state index contributed by atoms with van der Waals surface area (Å²) in [6.45, 7) is 20.8. The van der Waals surface area contributed by atoms with E-state index in [4.69, 9.17) is 18.3 Å². The minimum Gasteiger partial charge on any atom is -0.497 e. The highest BCUT2D eigenvalue weighted by Crippen LogP contribution is 2.41. The van der Waals surface area contributed by atoms with E-state index in [1.807, 2.05) is 55.5 Å². The van der Waals surface area contributed by atoms with E-state index in [9.17, 15) is 4.79 Å². The fourth-order valence-corrected chi connectivity index (χ4v) is 19.3. The number of methoxy groups -OCH3 is 2. The number of carbonyl (C=O) groups is 2.